The number of halogens is 5. The normalized spacial score (nSPS) is 35.7. The van der Waals surface area contributed by atoms with Gasteiger partial charge in [0.2, 0.25) is 5.82 Å². The minimum atomic E-state index is -2.33. The number of hydrogen-bond acceptors (Lipinski definition) is 6. The van der Waals surface area contributed by atoms with E-state index in [2.05, 4.69) is 6.92 Å². The lowest BCUT2D eigenvalue weighted by Gasteiger charge is -2.60. The lowest BCUT2D eigenvalue weighted by Crippen LogP contribution is -2.55. The number of hydrogen-bond donors (Lipinski definition) is 2. The maximum Gasteiger partial charge on any atom is 0.344 e. The molecule has 0 unspecified atom stereocenters. The van der Waals surface area contributed by atoms with Gasteiger partial charge in [0.1, 0.15) is 23.8 Å². The summed E-state index contributed by atoms with van der Waals surface area (Å²) in [6, 6.07) is -0.977. The zero-order valence-electron chi connectivity index (χ0n) is 24.3. The van der Waals surface area contributed by atoms with Crippen molar-refractivity contribution < 1.29 is 50.9 Å². The Balaban J connectivity index is 1.25. The number of carbonyl (C=O) groups excluding carboxylic acids is 2. The van der Waals surface area contributed by atoms with Gasteiger partial charge in [-0.2, -0.15) is 0 Å². The molecule has 7 nitrogen and oxygen atoms in total. The highest BCUT2D eigenvalue weighted by atomic mass is 19.2. The van der Waals surface area contributed by atoms with Crippen LogP contribution in [0.5, 0.6) is 0 Å². The van der Waals surface area contributed by atoms with E-state index < -0.39 is 70.1 Å². The van der Waals surface area contributed by atoms with E-state index >= 15 is 0 Å². The Kier molecular flexibility index (Phi) is 8.56. The van der Waals surface area contributed by atoms with Crippen LogP contribution in [0.3, 0.4) is 0 Å². The number of esters is 2. The molecule has 4 saturated carbocycles. The van der Waals surface area contributed by atoms with E-state index in [9.17, 15) is 36.3 Å². The summed E-state index contributed by atoms with van der Waals surface area (Å²) < 4.78 is 80.8. The predicted octanol–water partition coefficient (Wildman–Crippen LogP) is 6.05. The Bertz CT molecular complexity index is 1280. The molecular formula is C31H38F5NO6. The molecule has 0 radical (unpaired) electrons. The third-order valence-electron chi connectivity index (χ3n) is 11.4. The van der Waals surface area contributed by atoms with Gasteiger partial charge in [0, 0.05) is 11.8 Å². The summed E-state index contributed by atoms with van der Waals surface area (Å²) >= 11 is 0. The van der Waals surface area contributed by atoms with Gasteiger partial charge in [0.05, 0.1) is 0 Å². The molecule has 4 aliphatic carbocycles. The fourth-order valence-corrected chi connectivity index (χ4v) is 9.09. The van der Waals surface area contributed by atoms with Crippen LogP contribution in [-0.2, 0) is 19.1 Å². The Labute approximate surface area is 246 Å². The van der Waals surface area contributed by atoms with Gasteiger partial charge in [-0.15, -0.1) is 0 Å². The standard InChI is InChI=1S/C31H38F5NO6/c1-30-11-9-15(42-28(40)19(37)6-8-21(38)39)13-14(30)3-4-16-17-5-7-20(31(17,2)12-10-18(16)30)43-29(41)22-23(32)25(34)27(36)26(35)24(22)33/h14-20H,3-13,37H2,1-2H3,(H,38,39)/t14-,15-,16+,17+,18+,19+,20-,30+,31+/m1/s1. The highest BCUT2D eigenvalue weighted by Crippen LogP contribution is 2.66. The van der Waals surface area contributed by atoms with E-state index in [1.165, 1.54) is 0 Å². The van der Waals surface area contributed by atoms with Gasteiger partial charge in [-0.05, 0) is 93.3 Å². The van der Waals surface area contributed by atoms with E-state index in [1.54, 1.807) is 0 Å². The number of carbonyl (C=O) groups is 3. The first-order chi connectivity index (χ1) is 20.2. The highest BCUT2D eigenvalue weighted by molar-refractivity contribution is 5.90. The number of fused-ring (bicyclic) bond motifs is 5. The Morgan fingerprint density at radius 1 is 0.837 bits per heavy atom. The first-order valence-corrected chi connectivity index (χ1v) is 15.1. The molecule has 0 bridgehead atoms. The van der Waals surface area contributed by atoms with Gasteiger partial charge >= 0.3 is 17.9 Å². The zero-order chi connectivity index (χ0) is 31.4. The molecule has 0 aliphatic heterocycles. The molecule has 0 heterocycles. The number of benzene rings is 1. The molecule has 5 rings (SSSR count). The van der Waals surface area contributed by atoms with Gasteiger partial charge < -0.3 is 20.3 Å². The van der Waals surface area contributed by atoms with Crippen LogP contribution in [0, 0.1) is 63.6 Å². The van der Waals surface area contributed by atoms with Crippen molar-refractivity contribution in [2.45, 2.75) is 103 Å². The molecule has 12 heteroatoms. The molecule has 9 atom stereocenters. The molecule has 4 fully saturated rings. The monoisotopic (exact) mass is 615 g/mol. The van der Waals surface area contributed by atoms with Crippen LogP contribution in [-0.4, -0.2) is 41.3 Å². The van der Waals surface area contributed by atoms with Crippen LogP contribution < -0.4 is 5.73 Å². The molecule has 0 saturated heterocycles. The maximum atomic E-state index is 14.3. The van der Waals surface area contributed by atoms with Gasteiger partial charge in [-0.1, -0.05) is 13.8 Å². The number of carboxylic acid groups (broad SMARTS) is 1. The van der Waals surface area contributed by atoms with Crippen molar-refractivity contribution in [2.75, 3.05) is 0 Å². The molecule has 1 aromatic rings. The van der Waals surface area contributed by atoms with Crippen molar-refractivity contribution in [1.82, 2.24) is 0 Å². The summed E-state index contributed by atoms with van der Waals surface area (Å²) in [4.78, 5) is 36.0. The summed E-state index contributed by atoms with van der Waals surface area (Å²) in [5, 5.41) is 8.84. The van der Waals surface area contributed by atoms with Crippen molar-refractivity contribution in [2.24, 2.45) is 40.2 Å². The SMILES string of the molecule is C[C@]12CC[C@@H](OC(=O)[C@@H](N)CCC(=O)O)C[C@H]1CC[C@@H]1[C@@H]2CC[C@]2(C)[C@H](OC(=O)c3c(F)c(F)c(F)c(F)c3F)CC[C@@H]12. The molecule has 0 spiro atoms. The largest absolute Gasteiger partial charge is 0.481 e. The smallest absolute Gasteiger partial charge is 0.344 e. The second-order valence-corrected chi connectivity index (χ2v) is 13.5. The number of ether oxygens (including phenoxy) is 2. The quantitative estimate of drug-likeness (QED) is 0.166. The van der Waals surface area contributed by atoms with Gasteiger partial charge in [-0.3, -0.25) is 9.59 Å². The van der Waals surface area contributed by atoms with Crippen molar-refractivity contribution in [3.05, 3.63) is 34.6 Å². The minimum Gasteiger partial charge on any atom is -0.481 e. The summed E-state index contributed by atoms with van der Waals surface area (Å²) in [5.74, 6) is -13.0. The van der Waals surface area contributed by atoms with Crippen LogP contribution >= 0.6 is 0 Å². The number of rotatable bonds is 7. The second-order valence-electron chi connectivity index (χ2n) is 13.5. The number of carboxylic acids is 1. The Hall–Kier alpha value is -2.76. The molecular weight excluding hydrogens is 577 g/mol. The predicted molar refractivity (Wildman–Crippen MR) is 142 cm³/mol. The van der Waals surface area contributed by atoms with Gasteiger partial charge in [-0.25, -0.2) is 26.7 Å². The topological polar surface area (TPSA) is 116 Å². The molecule has 43 heavy (non-hydrogen) atoms. The number of aliphatic carboxylic acids is 1. The van der Waals surface area contributed by atoms with Crippen molar-refractivity contribution in [3.63, 3.8) is 0 Å². The summed E-state index contributed by atoms with van der Waals surface area (Å²) in [7, 11) is 0. The van der Waals surface area contributed by atoms with E-state index in [0.717, 1.165) is 32.1 Å². The minimum absolute atomic E-state index is 0.00274. The van der Waals surface area contributed by atoms with Crippen LogP contribution in [0.2, 0.25) is 0 Å². The fraction of sp³-hybridized carbons (Fsp3) is 0.710. The Morgan fingerprint density at radius 2 is 1.44 bits per heavy atom. The van der Waals surface area contributed by atoms with Crippen LogP contribution in [0.15, 0.2) is 0 Å². The average Bonchev–Trinajstić information content (AvgIpc) is 3.29. The van der Waals surface area contributed by atoms with Crippen molar-refractivity contribution >= 4 is 17.9 Å². The zero-order valence-corrected chi connectivity index (χ0v) is 24.3. The lowest BCUT2D eigenvalue weighted by atomic mass is 9.45. The summed E-state index contributed by atoms with van der Waals surface area (Å²) in [6.45, 7) is 4.29. The van der Waals surface area contributed by atoms with E-state index in [0.29, 0.717) is 43.4 Å². The summed E-state index contributed by atoms with van der Waals surface area (Å²) in [5.41, 5.74) is 3.78. The van der Waals surface area contributed by atoms with E-state index in [-0.39, 0.29) is 30.3 Å². The van der Waals surface area contributed by atoms with Crippen LogP contribution in [0.4, 0.5) is 22.0 Å². The number of nitrogens with two attached hydrogens (primary N) is 1. The fourth-order valence-electron chi connectivity index (χ4n) is 9.09. The molecule has 0 amide bonds. The highest BCUT2D eigenvalue weighted by Gasteiger charge is 2.61. The second kappa shape index (κ2) is 11.6. The first-order valence-electron chi connectivity index (χ1n) is 15.1. The van der Waals surface area contributed by atoms with Crippen molar-refractivity contribution in [3.8, 4) is 0 Å². The lowest BCUT2D eigenvalue weighted by molar-refractivity contribution is -0.164. The van der Waals surface area contributed by atoms with E-state index in [1.807, 2.05) is 6.92 Å². The van der Waals surface area contributed by atoms with Crippen molar-refractivity contribution in [1.29, 1.82) is 0 Å². The van der Waals surface area contributed by atoms with Crippen LogP contribution in [0.1, 0.15) is 94.8 Å². The summed E-state index contributed by atoms with van der Waals surface area (Å²) in [6.07, 6.45) is 5.58. The first kappa shape index (κ1) is 31.7. The van der Waals surface area contributed by atoms with Gasteiger partial charge in [0.15, 0.2) is 23.3 Å². The molecule has 238 valence electrons. The third-order valence-corrected chi connectivity index (χ3v) is 11.4. The van der Waals surface area contributed by atoms with Crippen LogP contribution in [0.25, 0.3) is 0 Å². The molecule has 4 aliphatic rings. The van der Waals surface area contributed by atoms with E-state index in [4.69, 9.17) is 20.3 Å². The molecule has 1 aromatic carbocycles. The molecule has 0 aromatic heterocycles. The van der Waals surface area contributed by atoms with Gasteiger partial charge in [0.25, 0.3) is 0 Å². The Morgan fingerprint density at radius 3 is 2.09 bits per heavy atom. The maximum absolute atomic E-state index is 14.3. The molecule has 3 N–H and O–H groups in total. The average molecular weight is 616 g/mol. The third kappa shape index (κ3) is 5.42.